The van der Waals surface area contributed by atoms with E-state index in [1.165, 1.54) is 18.4 Å². The number of piperidine rings is 1. The first-order valence-electron chi connectivity index (χ1n) is 11.1. The van der Waals surface area contributed by atoms with E-state index in [9.17, 15) is 9.59 Å². The molecule has 1 aromatic carbocycles. The van der Waals surface area contributed by atoms with E-state index in [-0.39, 0.29) is 5.91 Å². The maximum Gasteiger partial charge on any atom is 0.248 e. The Balaban J connectivity index is 1.25. The molecule has 1 unspecified atom stereocenters. The van der Waals surface area contributed by atoms with Crippen LogP contribution in [0, 0.1) is 0 Å². The fourth-order valence-electron chi connectivity index (χ4n) is 5.69. The van der Waals surface area contributed by atoms with Crippen molar-refractivity contribution in [1.29, 1.82) is 0 Å². The largest absolute Gasteiger partial charge is 0.366 e. The highest BCUT2D eigenvalue weighted by Crippen LogP contribution is 2.43. The number of ketones is 1. The molecule has 2 N–H and O–H groups in total. The summed E-state index contributed by atoms with van der Waals surface area (Å²) < 4.78 is 1.98. The van der Waals surface area contributed by atoms with Crippen LogP contribution in [0.15, 0.2) is 30.5 Å². The molecule has 1 aliphatic carbocycles. The lowest BCUT2D eigenvalue weighted by atomic mass is 9.84. The summed E-state index contributed by atoms with van der Waals surface area (Å²) in [5.41, 5.74) is 8.33. The number of carbonyl (C=O) groups excluding carboxylic acids is 2. The number of primary amides is 1. The minimum atomic E-state index is -0.359. The number of Topliss-reactive ketones (excluding diaryl/α,β-unsaturated/α-hetero) is 1. The summed E-state index contributed by atoms with van der Waals surface area (Å²) in [7, 11) is 0. The van der Waals surface area contributed by atoms with E-state index < -0.39 is 0 Å². The number of aromatic nitrogens is 3. The van der Waals surface area contributed by atoms with Crippen LogP contribution in [-0.4, -0.2) is 43.7 Å². The Bertz CT molecular complexity index is 931. The Morgan fingerprint density at radius 1 is 1.07 bits per heavy atom. The molecule has 5 rings (SSSR count). The molecule has 1 aromatic heterocycles. The number of carbonyl (C=O) groups is 2. The number of nitrogens with two attached hydrogens (primary N) is 1. The van der Waals surface area contributed by atoms with Gasteiger partial charge in [-0.15, -0.1) is 5.10 Å². The van der Waals surface area contributed by atoms with E-state index in [0.29, 0.717) is 48.2 Å². The molecular formula is C23H29N5O2. The van der Waals surface area contributed by atoms with Gasteiger partial charge in [-0.2, -0.15) is 0 Å². The molecule has 7 heteroatoms. The van der Waals surface area contributed by atoms with Crippen LogP contribution in [-0.2, 0) is 11.3 Å². The van der Waals surface area contributed by atoms with E-state index in [0.717, 1.165) is 37.9 Å². The molecule has 2 saturated heterocycles. The van der Waals surface area contributed by atoms with Gasteiger partial charge in [-0.3, -0.25) is 14.5 Å². The van der Waals surface area contributed by atoms with Crippen molar-refractivity contribution in [3.05, 3.63) is 47.3 Å². The Labute approximate surface area is 176 Å². The molecule has 7 nitrogen and oxygen atoms in total. The molecule has 2 aliphatic heterocycles. The number of amides is 1. The van der Waals surface area contributed by atoms with Gasteiger partial charge in [0.2, 0.25) is 5.91 Å². The average Bonchev–Trinajstić information content (AvgIpc) is 3.30. The molecule has 1 saturated carbocycles. The van der Waals surface area contributed by atoms with Gasteiger partial charge >= 0.3 is 0 Å². The predicted octanol–water partition coefficient (Wildman–Crippen LogP) is 2.97. The van der Waals surface area contributed by atoms with E-state index in [2.05, 4.69) is 27.5 Å². The quantitative estimate of drug-likeness (QED) is 0.822. The van der Waals surface area contributed by atoms with Gasteiger partial charge in [-0.1, -0.05) is 17.3 Å². The molecule has 2 bridgehead atoms. The summed E-state index contributed by atoms with van der Waals surface area (Å²) in [6, 6.07) is 9.24. The zero-order chi connectivity index (χ0) is 20.7. The van der Waals surface area contributed by atoms with E-state index in [4.69, 9.17) is 5.73 Å². The minimum absolute atomic E-state index is 0.309. The predicted molar refractivity (Wildman–Crippen MR) is 112 cm³/mol. The Morgan fingerprint density at radius 3 is 2.50 bits per heavy atom. The lowest BCUT2D eigenvalue weighted by Gasteiger charge is -2.38. The van der Waals surface area contributed by atoms with Crippen molar-refractivity contribution < 1.29 is 9.59 Å². The number of fused-ring (bicyclic) bond motifs is 2. The van der Waals surface area contributed by atoms with Gasteiger partial charge in [0.05, 0.1) is 17.9 Å². The van der Waals surface area contributed by atoms with Gasteiger partial charge < -0.3 is 5.73 Å². The van der Waals surface area contributed by atoms with Gasteiger partial charge in [0.1, 0.15) is 5.78 Å². The second-order valence-electron chi connectivity index (χ2n) is 9.18. The average molecular weight is 408 g/mol. The van der Waals surface area contributed by atoms with Crippen molar-refractivity contribution in [2.45, 2.75) is 82.0 Å². The number of hydrogen-bond acceptors (Lipinski definition) is 5. The minimum Gasteiger partial charge on any atom is -0.366 e. The number of benzene rings is 1. The number of nitrogens with zero attached hydrogens (tertiary/aromatic N) is 4. The molecule has 158 valence electrons. The summed E-state index contributed by atoms with van der Waals surface area (Å²) in [5.74, 6) is 0.489. The summed E-state index contributed by atoms with van der Waals surface area (Å²) in [6.07, 6.45) is 9.82. The fraction of sp³-hybridized carbons (Fsp3) is 0.565. The van der Waals surface area contributed by atoms with Gasteiger partial charge in [-0.25, -0.2) is 4.68 Å². The van der Waals surface area contributed by atoms with Crippen LogP contribution < -0.4 is 5.73 Å². The van der Waals surface area contributed by atoms with Crippen molar-refractivity contribution in [1.82, 2.24) is 19.9 Å². The normalized spacial score (nSPS) is 27.5. The summed E-state index contributed by atoms with van der Waals surface area (Å²) in [5, 5.41) is 8.82. The third-order valence-electron chi connectivity index (χ3n) is 7.32. The highest BCUT2D eigenvalue weighted by molar-refractivity contribution is 5.92. The van der Waals surface area contributed by atoms with Crippen LogP contribution in [0.25, 0.3) is 0 Å². The lowest BCUT2D eigenvalue weighted by Crippen LogP contribution is -2.41. The maximum absolute atomic E-state index is 11.5. The van der Waals surface area contributed by atoms with Gasteiger partial charge in [-0.05, 0) is 62.1 Å². The SMILES string of the molecule is NC(=O)c1cccc(C2C[C@H]3CC[C@@H](C2)N3Cc2cn(C3CCC(=O)CC3)nn2)c1. The fourth-order valence-corrected chi connectivity index (χ4v) is 5.69. The molecule has 1 amide bonds. The molecule has 3 fully saturated rings. The van der Waals surface area contributed by atoms with E-state index >= 15 is 0 Å². The van der Waals surface area contributed by atoms with Crippen molar-refractivity contribution in [2.24, 2.45) is 5.73 Å². The van der Waals surface area contributed by atoms with Crippen LogP contribution in [0.4, 0.5) is 0 Å². The Morgan fingerprint density at radius 2 is 1.80 bits per heavy atom. The summed E-state index contributed by atoms with van der Waals surface area (Å²) in [6.45, 7) is 0.842. The van der Waals surface area contributed by atoms with Gasteiger partial charge in [0.15, 0.2) is 0 Å². The van der Waals surface area contributed by atoms with E-state index in [1.807, 2.05) is 16.8 Å². The molecule has 0 spiro atoms. The Kier molecular flexibility index (Phi) is 5.15. The highest BCUT2D eigenvalue weighted by Gasteiger charge is 2.41. The second kappa shape index (κ2) is 7.95. The Hall–Kier alpha value is -2.54. The number of hydrogen-bond donors (Lipinski definition) is 1. The van der Waals surface area contributed by atoms with Crippen molar-refractivity contribution in [2.75, 3.05) is 0 Å². The smallest absolute Gasteiger partial charge is 0.248 e. The molecule has 3 aliphatic rings. The highest BCUT2D eigenvalue weighted by atomic mass is 16.1. The summed E-state index contributed by atoms with van der Waals surface area (Å²) in [4.78, 5) is 25.6. The van der Waals surface area contributed by atoms with Crippen LogP contribution in [0.1, 0.15) is 84.9 Å². The van der Waals surface area contributed by atoms with Crippen LogP contribution in [0.5, 0.6) is 0 Å². The van der Waals surface area contributed by atoms with Crippen molar-refractivity contribution in [3.8, 4) is 0 Å². The van der Waals surface area contributed by atoms with E-state index in [1.54, 1.807) is 6.07 Å². The second-order valence-corrected chi connectivity index (χ2v) is 9.18. The number of rotatable bonds is 5. The van der Waals surface area contributed by atoms with Crippen LogP contribution in [0.2, 0.25) is 0 Å². The molecule has 0 radical (unpaired) electrons. The van der Waals surface area contributed by atoms with Crippen molar-refractivity contribution in [3.63, 3.8) is 0 Å². The third kappa shape index (κ3) is 3.78. The molecule has 30 heavy (non-hydrogen) atoms. The molecule has 3 heterocycles. The molecule has 2 aromatic rings. The molecule has 3 atom stereocenters. The standard InChI is InChI=1S/C23H29N5O2/c24-23(30)16-3-1-2-15(10-16)17-11-20-4-5-21(12-17)27(20)13-18-14-28(26-25-18)19-6-8-22(29)9-7-19/h1-3,10,14,17,19-21H,4-9,11-13H2,(H2,24,30)/t17?,20-,21+. The molecular weight excluding hydrogens is 378 g/mol. The lowest BCUT2D eigenvalue weighted by molar-refractivity contribution is -0.120. The zero-order valence-corrected chi connectivity index (χ0v) is 17.2. The summed E-state index contributed by atoms with van der Waals surface area (Å²) >= 11 is 0. The monoisotopic (exact) mass is 407 g/mol. The van der Waals surface area contributed by atoms with Gasteiger partial charge in [0.25, 0.3) is 0 Å². The van der Waals surface area contributed by atoms with Crippen molar-refractivity contribution >= 4 is 11.7 Å². The third-order valence-corrected chi connectivity index (χ3v) is 7.32. The maximum atomic E-state index is 11.5. The zero-order valence-electron chi connectivity index (χ0n) is 17.2. The topological polar surface area (TPSA) is 94.1 Å². The first kappa shape index (κ1) is 19.4. The van der Waals surface area contributed by atoms with Crippen LogP contribution >= 0.6 is 0 Å². The van der Waals surface area contributed by atoms with Gasteiger partial charge in [0, 0.05) is 37.0 Å². The first-order chi connectivity index (χ1) is 14.6. The first-order valence-corrected chi connectivity index (χ1v) is 11.1. The van der Waals surface area contributed by atoms with Crippen LogP contribution in [0.3, 0.4) is 0 Å².